The van der Waals surface area contributed by atoms with E-state index in [0.717, 1.165) is 5.56 Å². The van der Waals surface area contributed by atoms with E-state index in [4.69, 9.17) is 21.1 Å². The molecule has 1 fully saturated rings. The number of carbonyl (C=O) groups excluding carboxylic acids is 1. The molecule has 0 aliphatic carbocycles. The van der Waals surface area contributed by atoms with Crippen LogP contribution in [0.15, 0.2) is 47.4 Å². The number of nitrogens with one attached hydrogen (secondary N) is 1. The Balaban J connectivity index is 1.31. The fourth-order valence-electron chi connectivity index (χ4n) is 3.40. The van der Waals surface area contributed by atoms with Crippen LogP contribution < -0.4 is 14.8 Å². The van der Waals surface area contributed by atoms with Crippen molar-refractivity contribution in [1.29, 1.82) is 0 Å². The second-order valence-electron chi connectivity index (χ2n) is 6.99. The van der Waals surface area contributed by atoms with E-state index < -0.39 is 10.0 Å². The number of fused-ring (bicyclic) bond motifs is 1. The van der Waals surface area contributed by atoms with Gasteiger partial charge in [-0.2, -0.15) is 4.31 Å². The summed E-state index contributed by atoms with van der Waals surface area (Å²) in [5.41, 5.74) is 0.898. The summed E-state index contributed by atoms with van der Waals surface area (Å²) in [6, 6.07) is 11.5. The third-order valence-corrected chi connectivity index (χ3v) is 7.14. The van der Waals surface area contributed by atoms with Crippen LogP contribution in [-0.4, -0.2) is 63.0 Å². The topological polar surface area (TPSA) is 88.2 Å². The highest BCUT2D eigenvalue weighted by Gasteiger charge is 2.30. The third-order valence-electron chi connectivity index (χ3n) is 5.01. The number of hydrogen-bond donors (Lipinski definition) is 1. The van der Waals surface area contributed by atoms with E-state index in [9.17, 15) is 13.2 Å². The molecule has 8 nitrogen and oxygen atoms in total. The summed E-state index contributed by atoms with van der Waals surface area (Å²) in [4.78, 5) is 14.3. The lowest BCUT2D eigenvalue weighted by molar-refractivity contribution is 0.170. The molecule has 2 aliphatic rings. The van der Waals surface area contributed by atoms with Gasteiger partial charge in [-0.15, -0.1) is 0 Å². The van der Waals surface area contributed by atoms with Crippen molar-refractivity contribution in [3.8, 4) is 11.5 Å². The number of benzene rings is 2. The number of nitrogens with zero attached hydrogens (tertiary/aromatic N) is 2. The number of rotatable bonds is 4. The van der Waals surface area contributed by atoms with Crippen LogP contribution in [0.4, 0.5) is 4.79 Å². The van der Waals surface area contributed by atoms with E-state index in [0.29, 0.717) is 49.4 Å². The molecule has 30 heavy (non-hydrogen) atoms. The van der Waals surface area contributed by atoms with E-state index in [1.165, 1.54) is 16.4 Å². The fourth-order valence-corrected chi connectivity index (χ4v) is 5.12. The maximum atomic E-state index is 12.8. The van der Waals surface area contributed by atoms with E-state index >= 15 is 0 Å². The highest BCUT2D eigenvalue weighted by atomic mass is 35.5. The van der Waals surface area contributed by atoms with Crippen molar-refractivity contribution in [1.82, 2.24) is 14.5 Å². The van der Waals surface area contributed by atoms with E-state index in [1.54, 1.807) is 17.0 Å². The number of ether oxygens (including phenoxy) is 2. The molecule has 0 radical (unpaired) electrons. The molecule has 10 heteroatoms. The quantitative estimate of drug-likeness (QED) is 0.770. The predicted octanol–water partition coefficient (Wildman–Crippen LogP) is 2.33. The maximum Gasteiger partial charge on any atom is 0.317 e. The van der Waals surface area contributed by atoms with Gasteiger partial charge in [0.15, 0.2) is 11.5 Å². The molecule has 1 N–H and O–H groups in total. The zero-order chi connectivity index (χ0) is 21.1. The highest BCUT2D eigenvalue weighted by Crippen LogP contribution is 2.30. The van der Waals surface area contributed by atoms with Crippen LogP contribution in [0.3, 0.4) is 0 Å². The van der Waals surface area contributed by atoms with Gasteiger partial charge in [0, 0.05) is 37.7 Å². The van der Waals surface area contributed by atoms with Crippen LogP contribution in [0, 0.1) is 0 Å². The standard InChI is InChI=1S/C20H22ClN3O5S/c21-16-2-1-3-17(13-16)30(26,27)24-8-6-23(7-9-24)20(25)22-14-15-4-5-18-19(12-15)29-11-10-28-18/h1-5,12-13H,6-11,14H2,(H,22,25). The molecule has 0 bridgehead atoms. The zero-order valence-electron chi connectivity index (χ0n) is 16.2. The van der Waals surface area contributed by atoms with Crippen LogP contribution in [0.5, 0.6) is 11.5 Å². The third kappa shape index (κ3) is 4.48. The summed E-state index contributed by atoms with van der Waals surface area (Å²) in [5.74, 6) is 1.38. The fraction of sp³-hybridized carbons (Fsp3) is 0.350. The van der Waals surface area contributed by atoms with Gasteiger partial charge >= 0.3 is 6.03 Å². The zero-order valence-corrected chi connectivity index (χ0v) is 17.8. The Bertz CT molecular complexity index is 1040. The average molecular weight is 452 g/mol. The van der Waals surface area contributed by atoms with Gasteiger partial charge in [0.1, 0.15) is 13.2 Å². The molecule has 160 valence electrons. The minimum atomic E-state index is -3.63. The molecule has 0 spiro atoms. The van der Waals surface area contributed by atoms with Gasteiger partial charge < -0.3 is 19.7 Å². The van der Waals surface area contributed by atoms with Crippen molar-refractivity contribution in [2.45, 2.75) is 11.4 Å². The first-order valence-corrected chi connectivity index (χ1v) is 11.4. The lowest BCUT2D eigenvalue weighted by Gasteiger charge is -2.34. The minimum Gasteiger partial charge on any atom is -0.486 e. The van der Waals surface area contributed by atoms with Crippen molar-refractivity contribution >= 4 is 27.7 Å². The Kier molecular flexibility index (Phi) is 6.03. The van der Waals surface area contributed by atoms with Crippen LogP contribution in [0.1, 0.15) is 5.56 Å². The van der Waals surface area contributed by atoms with Crippen molar-refractivity contribution in [3.63, 3.8) is 0 Å². The first kappa shape index (κ1) is 20.8. The summed E-state index contributed by atoms with van der Waals surface area (Å²) in [6.45, 7) is 2.46. The number of carbonyl (C=O) groups is 1. The molecule has 1 saturated heterocycles. The molecule has 2 aliphatic heterocycles. The molecule has 2 aromatic rings. The Morgan fingerprint density at radius 2 is 1.73 bits per heavy atom. The average Bonchev–Trinajstić information content (AvgIpc) is 2.77. The van der Waals surface area contributed by atoms with Crippen molar-refractivity contribution < 1.29 is 22.7 Å². The van der Waals surface area contributed by atoms with Gasteiger partial charge in [-0.3, -0.25) is 0 Å². The monoisotopic (exact) mass is 451 g/mol. The largest absolute Gasteiger partial charge is 0.486 e. The first-order chi connectivity index (χ1) is 14.4. The lowest BCUT2D eigenvalue weighted by atomic mass is 10.2. The number of urea groups is 1. The summed E-state index contributed by atoms with van der Waals surface area (Å²) < 4.78 is 38.0. The SMILES string of the molecule is O=C(NCc1ccc2c(c1)OCCO2)N1CCN(S(=O)(=O)c2cccc(Cl)c2)CC1. The van der Waals surface area contributed by atoms with Gasteiger partial charge in [0.25, 0.3) is 0 Å². The van der Waals surface area contributed by atoms with E-state index in [1.807, 2.05) is 18.2 Å². The predicted molar refractivity (Wildman–Crippen MR) is 111 cm³/mol. The Morgan fingerprint density at radius 1 is 1.00 bits per heavy atom. The summed E-state index contributed by atoms with van der Waals surface area (Å²) in [5, 5.41) is 3.24. The molecule has 2 heterocycles. The normalized spacial score (nSPS) is 16.9. The molecule has 0 unspecified atom stereocenters. The van der Waals surface area contributed by atoms with Crippen molar-refractivity contribution in [2.24, 2.45) is 0 Å². The molecule has 0 saturated carbocycles. The number of hydrogen-bond acceptors (Lipinski definition) is 5. The minimum absolute atomic E-state index is 0.159. The smallest absolute Gasteiger partial charge is 0.317 e. The maximum absolute atomic E-state index is 12.8. The van der Waals surface area contributed by atoms with Crippen molar-refractivity contribution in [2.75, 3.05) is 39.4 Å². The Hall–Kier alpha value is -2.49. The Morgan fingerprint density at radius 3 is 2.47 bits per heavy atom. The molecular formula is C20H22ClN3O5S. The van der Waals surface area contributed by atoms with Gasteiger partial charge in [0.05, 0.1) is 4.90 Å². The highest BCUT2D eigenvalue weighted by molar-refractivity contribution is 7.89. The van der Waals surface area contributed by atoms with Crippen LogP contribution in [-0.2, 0) is 16.6 Å². The molecule has 0 aromatic heterocycles. The second kappa shape index (κ2) is 8.71. The van der Waals surface area contributed by atoms with Crippen LogP contribution in [0.25, 0.3) is 0 Å². The Labute approximate surface area is 180 Å². The summed E-state index contributed by atoms with van der Waals surface area (Å²) >= 11 is 5.92. The van der Waals surface area contributed by atoms with E-state index in [2.05, 4.69) is 5.32 Å². The van der Waals surface area contributed by atoms with Gasteiger partial charge in [-0.1, -0.05) is 23.7 Å². The number of amides is 2. The van der Waals surface area contributed by atoms with Gasteiger partial charge in [-0.25, -0.2) is 13.2 Å². The van der Waals surface area contributed by atoms with Gasteiger partial charge in [-0.05, 0) is 35.9 Å². The molecule has 0 atom stereocenters. The number of halogens is 1. The van der Waals surface area contributed by atoms with Gasteiger partial charge in [0.2, 0.25) is 10.0 Å². The van der Waals surface area contributed by atoms with E-state index in [-0.39, 0.29) is 24.0 Å². The second-order valence-corrected chi connectivity index (χ2v) is 9.36. The first-order valence-electron chi connectivity index (χ1n) is 9.60. The molecular weight excluding hydrogens is 430 g/mol. The summed E-state index contributed by atoms with van der Waals surface area (Å²) in [7, 11) is -3.63. The van der Waals surface area contributed by atoms with Crippen molar-refractivity contribution in [3.05, 3.63) is 53.1 Å². The molecule has 2 amide bonds. The summed E-state index contributed by atoms with van der Waals surface area (Å²) in [6.07, 6.45) is 0. The number of sulfonamides is 1. The molecule has 2 aromatic carbocycles. The molecule has 4 rings (SSSR count). The lowest BCUT2D eigenvalue weighted by Crippen LogP contribution is -2.52. The van der Waals surface area contributed by atoms with Crippen LogP contribution in [0.2, 0.25) is 5.02 Å². The van der Waals surface area contributed by atoms with Crippen LogP contribution >= 0.6 is 11.6 Å². The number of piperazine rings is 1.